The Bertz CT molecular complexity index is 1130. The van der Waals surface area contributed by atoms with E-state index in [1.807, 2.05) is 0 Å². The number of fused-ring (bicyclic) bond motifs is 3. The Morgan fingerprint density at radius 2 is 1.83 bits per heavy atom. The molecule has 4 rings (SSSR count). The highest BCUT2D eigenvalue weighted by atomic mass is 16.6. The molecule has 10 nitrogen and oxygen atoms in total. The molecule has 2 bridgehead atoms. The van der Waals surface area contributed by atoms with Crippen LogP contribution < -0.4 is 5.32 Å². The zero-order valence-electron chi connectivity index (χ0n) is 26.4. The van der Waals surface area contributed by atoms with Gasteiger partial charge in [-0.3, -0.25) is 9.59 Å². The van der Waals surface area contributed by atoms with Crippen LogP contribution in [0.4, 0.5) is 4.79 Å². The van der Waals surface area contributed by atoms with Gasteiger partial charge >= 0.3 is 18.0 Å². The molecular formula is C32H49NO9. The Kier molecular flexibility index (Phi) is 8.68. The molecule has 4 fully saturated rings. The fourth-order valence-electron chi connectivity index (χ4n) is 9.07. The summed E-state index contributed by atoms with van der Waals surface area (Å²) >= 11 is 0. The first-order valence-electron chi connectivity index (χ1n) is 15.2. The number of carbonyl (C=O) groups excluding carboxylic acids is 4. The van der Waals surface area contributed by atoms with Gasteiger partial charge in [0.2, 0.25) is 0 Å². The topological polar surface area (TPSA) is 137 Å². The van der Waals surface area contributed by atoms with Gasteiger partial charge in [-0.1, -0.05) is 33.8 Å². The Hall–Kier alpha value is -2.46. The van der Waals surface area contributed by atoms with Crippen molar-refractivity contribution < 1.29 is 43.2 Å². The normalized spacial score (nSPS) is 37.6. The number of ether oxygens (including phenoxy) is 4. The molecule has 0 aromatic rings. The Morgan fingerprint density at radius 3 is 2.40 bits per heavy atom. The molecular weight excluding hydrogens is 542 g/mol. The number of hydrogen-bond acceptors (Lipinski definition) is 9. The molecule has 2 N–H and O–H groups in total. The van der Waals surface area contributed by atoms with E-state index in [9.17, 15) is 24.3 Å². The largest absolute Gasteiger partial charge is 0.465 e. The van der Waals surface area contributed by atoms with Gasteiger partial charge in [-0.2, -0.15) is 0 Å². The summed E-state index contributed by atoms with van der Waals surface area (Å²) < 4.78 is 23.5. The van der Waals surface area contributed by atoms with Gasteiger partial charge in [-0.15, -0.1) is 0 Å². The highest BCUT2D eigenvalue weighted by Gasteiger charge is 2.78. The molecule has 0 heterocycles. The summed E-state index contributed by atoms with van der Waals surface area (Å²) in [5.41, 5.74) is -2.78. The van der Waals surface area contributed by atoms with E-state index in [0.29, 0.717) is 18.4 Å². The van der Waals surface area contributed by atoms with Crippen molar-refractivity contribution in [1.29, 1.82) is 0 Å². The summed E-state index contributed by atoms with van der Waals surface area (Å²) in [6.45, 7) is 16.8. The molecule has 4 aliphatic rings. The minimum absolute atomic E-state index is 0.0277. The molecule has 0 unspecified atom stereocenters. The van der Waals surface area contributed by atoms with Crippen molar-refractivity contribution >= 4 is 23.8 Å². The van der Waals surface area contributed by atoms with Crippen LogP contribution in [0, 0.1) is 34.0 Å². The molecule has 236 valence electrons. The minimum atomic E-state index is -1.42. The molecule has 4 saturated carbocycles. The van der Waals surface area contributed by atoms with Crippen LogP contribution in [0.3, 0.4) is 0 Å². The Labute approximate surface area is 249 Å². The van der Waals surface area contributed by atoms with Gasteiger partial charge in [0.25, 0.3) is 0 Å². The second kappa shape index (κ2) is 11.2. The lowest BCUT2D eigenvalue weighted by atomic mass is 9.39. The van der Waals surface area contributed by atoms with E-state index in [4.69, 9.17) is 18.9 Å². The summed E-state index contributed by atoms with van der Waals surface area (Å²) in [5.74, 6) is -2.72. The first kappa shape index (κ1) is 32.5. The number of ketones is 1. The number of aliphatic hydroxyl groups excluding tert-OH is 1. The number of alkyl carbamates (subject to hydrolysis) is 1. The molecule has 4 aliphatic carbocycles. The van der Waals surface area contributed by atoms with Crippen molar-refractivity contribution in [3.05, 3.63) is 12.2 Å². The van der Waals surface area contributed by atoms with Gasteiger partial charge < -0.3 is 29.4 Å². The zero-order chi connectivity index (χ0) is 31.4. The molecule has 1 spiro atoms. The van der Waals surface area contributed by atoms with E-state index >= 15 is 0 Å². The maximum atomic E-state index is 14.5. The molecule has 0 aliphatic heterocycles. The van der Waals surface area contributed by atoms with Crippen LogP contribution in [0.25, 0.3) is 0 Å². The third-order valence-corrected chi connectivity index (χ3v) is 10.5. The number of nitrogens with one attached hydrogen (secondary N) is 1. The van der Waals surface area contributed by atoms with Gasteiger partial charge in [0.1, 0.15) is 23.2 Å². The SMILES string of the molecule is C=C1C(=O)[C@]23[C@H](OC(=O)[C@H](CC)NC(=O)OC(C)(C)C)[C@H]1C[C@H](O)[C@H]2[C@]1(COC(C)=O)CCCC(C)(C)[C@H]1C[C@H]3OC. The fraction of sp³-hybridized carbons (Fsp3) is 0.812. The first-order valence-corrected chi connectivity index (χ1v) is 15.2. The monoisotopic (exact) mass is 591 g/mol. The fourth-order valence-corrected chi connectivity index (χ4v) is 9.07. The van der Waals surface area contributed by atoms with E-state index in [0.717, 1.165) is 12.8 Å². The molecule has 0 aromatic carbocycles. The zero-order valence-corrected chi connectivity index (χ0v) is 26.4. The molecule has 9 atom stereocenters. The number of aliphatic hydroxyl groups is 1. The summed E-state index contributed by atoms with van der Waals surface area (Å²) in [6, 6.07) is -1.01. The van der Waals surface area contributed by atoms with E-state index < -0.39 is 70.7 Å². The maximum Gasteiger partial charge on any atom is 0.408 e. The lowest BCUT2D eigenvalue weighted by molar-refractivity contribution is -0.272. The van der Waals surface area contributed by atoms with E-state index in [-0.39, 0.29) is 36.6 Å². The van der Waals surface area contributed by atoms with Gasteiger partial charge in [0.15, 0.2) is 5.78 Å². The van der Waals surface area contributed by atoms with Crippen molar-refractivity contribution in [2.75, 3.05) is 13.7 Å². The second-order valence-corrected chi connectivity index (χ2v) is 14.5. The van der Waals surface area contributed by atoms with Gasteiger partial charge in [0.05, 0.1) is 18.8 Å². The van der Waals surface area contributed by atoms with Crippen molar-refractivity contribution in [2.45, 2.75) is 117 Å². The third kappa shape index (κ3) is 5.16. The Morgan fingerprint density at radius 1 is 1.17 bits per heavy atom. The van der Waals surface area contributed by atoms with Crippen molar-refractivity contribution in [1.82, 2.24) is 5.32 Å². The lowest BCUT2D eigenvalue weighted by Crippen LogP contribution is -2.72. The average molecular weight is 592 g/mol. The number of methoxy groups -OCH3 is 1. The van der Waals surface area contributed by atoms with Gasteiger partial charge in [-0.05, 0) is 69.8 Å². The lowest BCUT2D eigenvalue weighted by Gasteiger charge is -2.67. The number of amides is 1. The quantitative estimate of drug-likeness (QED) is 0.254. The molecule has 0 saturated heterocycles. The van der Waals surface area contributed by atoms with Crippen LogP contribution in [0.2, 0.25) is 0 Å². The van der Waals surface area contributed by atoms with Crippen LogP contribution in [0.15, 0.2) is 12.2 Å². The maximum absolute atomic E-state index is 14.5. The molecule has 0 radical (unpaired) electrons. The number of esters is 2. The number of carbonyl (C=O) groups is 4. The molecule has 0 aromatic heterocycles. The van der Waals surface area contributed by atoms with Crippen LogP contribution >= 0.6 is 0 Å². The summed E-state index contributed by atoms with van der Waals surface area (Å²) in [5, 5.41) is 14.5. The van der Waals surface area contributed by atoms with Crippen LogP contribution in [-0.4, -0.2) is 72.6 Å². The average Bonchev–Trinajstić information content (AvgIpc) is 3.00. The summed E-state index contributed by atoms with van der Waals surface area (Å²) in [7, 11) is 1.55. The highest BCUT2D eigenvalue weighted by Crippen LogP contribution is 2.72. The number of hydrogen-bond donors (Lipinski definition) is 2. The van der Waals surface area contributed by atoms with Gasteiger partial charge in [-0.25, -0.2) is 9.59 Å². The van der Waals surface area contributed by atoms with Crippen LogP contribution in [0.5, 0.6) is 0 Å². The van der Waals surface area contributed by atoms with Crippen LogP contribution in [-0.2, 0) is 33.3 Å². The predicted octanol–water partition coefficient (Wildman–Crippen LogP) is 4.12. The van der Waals surface area contributed by atoms with Crippen molar-refractivity contribution in [3.8, 4) is 0 Å². The second-order valence-electron chi connectivity index (χ2n) is 14.5. The molecule has 10 heteroatoms. The first-order chi connectivity index (χ1) is 19.5. The Balaban J connectivity index is 1.80. The predicted molar refractivity (Wildman–Crippen MR) is 153 cm³/mol. The summed E-state index contributed by atoms with van der Waals surface area (Å²) in [6.07, 6.45) is 0.0161. The van der Waals surface area contributed by atoms with E-state index in [2.05, 4.69) is 25.7 Å². The number of rotatable bonds is 7. The van der Waals surface area contributed by atoms with Crippen molar-refractivity contribution in [3.63, 3.8) is 0 Å². The number of Topliss-reactive ketones (excluding diaryl/α,β-unsaturated/α-hetero) is 1. The van der Waals surface area contributed by atoms with E-state index in [1.54, 1.807) is 34.8 Å². The summed E-state index contributed by atoms with van der Waals surface area (Å²) in [4.78, 5) is 52.8. The standard InChI is InChI=1S/C32H49NO9/c1-10-20(33-28(38)42-29(4,5)6)27(37)41-26-19-14-21(35)24-31(16-40-18(3)34)13-11-12-30(7,8)22(31)15-23(39-9)32(24,26)25(36)17(19)2/h19-24,26,35H,2,10-16H2,1,3-9H3,(H,33,38)/t19-,20-,21-,22+,23+,24-,26+,31-,32+/m0/s1. The third-order valence-electron chi connectivity index (χ3n) is 10.5. The van der Waals surface area contributed by atoms with Gasteiger partial charge in [0, 0.05) is 31.3 Å². The minimum Gasteiger partial charge on any atom is -0.465 e. The highest BCUT2D eigenvalue weighted by molar-refractivity contribution is 6.05. The molecule has 42 heavy (non-hydrogen) atoms. The van der Waals surface area contributed by atoms with Crippen molar-refractivity contribution in [2.24, 2.45) is 34.0 Å². The van der Waals surface area contributed by atoms with Crippen LogP contribution in [0.1, 0.15) is 87.0 Å². The smallest absolute Gasteiger partial charge is 0.408 e. The van der Waals surface area contributed by atoms with E-state index in [1.165, 1.54) is 6.92 Å². The molecule has 1 amide bonds.